The van der Waals surface area contributed by atoms with E-state index in [4.69, 9.17) is 11.6 Å². The lowest BCUT2D eigenvalue weighted by Crippen LogP contribution is -2.30. The van der Waals surface area contributed by atoms with Gasteiger partial charge in [0.2, 0.25) is 5.91 Å². The molecule has 0 unspecified atom stereocenters. The molecule has 1 N–H and O–H groups in total. The van der Waals surface area contributed by atoms with E-state index in [0.29, 0.717) is 10.6 Å². The molecule has 0 radical (unpaired) electrons. The van der Waals surface area contributed by atoms with Crippen LogP contribution in [0, 0.1) is 0 Å². The first kappa shape index (κ1) is 16.0. The lowest BCUT2D eigenvalue weighted by atomic mass is 10.1. The van der Waals surface area contributed by atoms with E-state index in [1.807, 2.05) is 0 Å². The van der Waals surface area contributed by atoms with E-state index in [1.165, 1.54) is 6.92 Å². The summed E-state index contributed by atoms with van der Waals surface area (Å²) in [6.45, 7) is 1.38. The summed E-state index contributed by atoms with van der Waals surface area (Å²) in [4.78, 5) is 11.1. The molecule has 1 heterocycles. The summed E-state index contributed by atoms with van der Waals surface area (Å²) in [5.74, 6) is -0.268. The average molecular weight is 344 g/mol. The Balaban J connectivity index is 2.41. The maximum atomic E-state index is 12.7. The Kier molecular flexibility index (Phi) is 5.03. The second-order valence-electron chi connectivity index (χ2n) is 4.45. The zero-order chi connectivity index (χ0) is 15.5. The number of rotatable bonds is 5. The first-order valence-electron chi connectivity index (χ1n) is 6.18. The van der Waals surface area contributed by atoms with Gasteiger partial charge in [-0.25, -0.2) is 8.42 Å². The van der Waals surface area contributed by atoms with Crippen molar-refractivity contribution in [2.45, 2.75) is 16.4 Å². The highest BCUT2D eigenvalue weighted by atomic mass is 35.5. The summed E-state index contributed by atoms with van der Waals surface area (Å²) < 4.78 is 25.7. The minimum Gasteiger partial charge on any atom is -0.355 e. The van der Waals surface area contributed by atoms with Gasteiger partial charge in [0.25, 0.3) is 0 Å². The number of benzene rings is 1. The quantitative estimate of drug-likeness (QED) is 0.907. The van der Waals surface area contributed by atoms with Crippen molar-refractivity contribution < 1.29 is 13.2 Å². The number of amides is 1. The van der Waals surface area contributed by atoms with Crippen molar-refractivity contribution in [2.24, 2.45) is 0 Å². The molecule has 0 fully saturated rings. The van der Waals surface area contributed by atoms with Gasteiger partial charge in [0.05, 0.1) is 0 Å². The monoisotopic (exact) mass is 343 g/mol. The molecular weight excluding hydrogens is 330 g/mol. The number of halogens is 1. The number of carbonyl (C=O) groups is 1. The maximum Gasteiger partial charge on any atom is 0.216 e. The van der Waals surface area contributed by atoms with Gasteiger partial charge in [-0.1, -0.05) is 29.8 Å². The van der Waals surface area contributed by atoms with Gasteiger partial charge in [0.15, 0.2) is 9.84 Å². The van der Waals surface area contributed by atoms with Gasteiger partial charge < -0.3 is 5.32 Å². The zero-order valence-electron chi connectivity index (χ0n) is 11.2. The lowest BCUT2D eigenvalue weighted by Gasteiger charge is -2.17. The smallest absolute Gasteiger partial charge is 0.216 e. The van der Waals surface area contributed by atoms with Crippen LogP contribution >= 0.6 is 22.9 Å². The lowest BCUT2D eigenvalue weighted by molar-refractivity contribution is -0.118. The number of hydrogen-bond acceptors (Lipinski definition) is 4. The number of sulfone groups is 1. The summed E-state index contributed by atoms with van der Waals surface area (Å²) in [7, 11) is -3.56. The maximum absolute atomic E-state index is 12.7. The average Bonchev–Trinajstić information content (AvgIpc) is 2.95. The summed E-state index contributed by atoms with van der Waals surface area (Å²) in [6.07, 6.45) is 0. The zero-order valence-corrected chi connectivity index (χ0v) is 13.6. The standard InChI is InChI=1S/C14H14ClNO3S2/c1-10(17)16-9-13(11-4-6-12(15)7-5-11)21(18,19)14-3-2-8-20-14/h2-8,13H,9H2,1H3,(H,16,17)/t13-/m0/s1. The fourth-order valence-electron chi connectivity index (χ4n) is 1.89. The molecule has 112 valence electrons. The van der Waals surface area contributed by atoms with Gasteiger partial charge in [-0.3, -0.25) is 4.79 Å². The Morgan fingerprint density at radius 2 is 1.95 bits per heavy atom. The first-order valence-corrected chi connectivity index (χ1v) is 8.99. The summed E-state index contributed by atoms with van der Waals surface area (Å²) in [5.41, 5.74) is 0.599. The van der Waals surface area contributed by atoms with Crippen LogP contribution in [0.15, 0.2) is 46.0 Å². The third-order valence-corrected chi connectivity index (χ3v) is 6.71. The minimum absolute atomic E-state index is 0.0250. The molecule has 7 heteroatoms. The molecule has 0 bridgehead atoms. The molecule has 4 nitrogen and oxygen atoms in total. The second kappa shape index (κ2) is 6.60. The Bertz CT molecular complexity index is 709. The third kappa shape index (κ3) is 3.84. The van der Waals surface area contributed by atoms with E-state index >= 15 is 0 Å². The van der Waals surface area contributed by atoms with Crippen LogP contribution in [0.3, 0.4) is 0 Å². The number of carbonyl (C=O) groups excluding carboxylic acids is 1. The van der Waals surface area contributed by atoms with E-state index in [1.54, 1.807) is 41.8 Å². The Hall–Kier alpha value is -1.37. The number of hydrogen-bond donors (Lipinski definition) is 1. The minimum atomic E-state index is -3.56. The second-order valence-corrected chi connectivity index (χ2v) is 8.20. The van der Waals surface area contributed by atoms with Gasteiger partial charge >= 0.3 is 0 Å². The van der Waals surface area contributed by atoms with Crippen molar-refractivity contribution in [3.05, 3.63) is 52.4 Å². The molecule has 21 heavy (non-hydrogen) atoms. The van der Waals surface area contributed by atoms with Crippen LogP contribution in [-0.4, -0.2) is 20.9 Å². The SMILES string of the molecule is CC(=O)NC[C@@H](c1ccc(Cl)cc1)S(=O)(=O)c1cccs1. The molecular formula is C14H14ClNO3S2. The van der Waals surface area contributed by atoms with E-state index < -0.39 is 15.1 Å². The van der Waals surface area contributed by atoms with Gasteiger partial charge in [-0.05, 0) is 29.1 Å². The normalized spacial score (nSPS) is 12.9. The van der Waals surface area contributed by atoms with Crippen molar-refractivity contribution in [3.8, 4) is 0 Å². The molecule has 0 saturated heterocycles. The molecule has 1 atom stereocenters. The highest BCUT2D eigenvalue weighted by molar-refractivity contribution is 7.93. The Labute approximate surface area is 132 Å². The fraction of sp³-hybridized carbons (Fsp3) is 0.214. The Morgan fingerprint density at radius 1 is 1.29 bits per heavy atom. The topological polar surface area (TPSA) is 63.2 Å². The number of thiophene rings is 1. The van der Waals surface area contributed by atoms with Crippen LogP contribution in [0.25, 0.3) is 0 Å². The van der Waals surface area contributed by atoms with Crippen molar-refractivity contribution in [1.82, 2.24) is 5.32 Å². The van der Waals surface area contributed by atoms with E-state index in [2.05, 4.69) is 5.32 Å². The fourth-order valence-corrected chi connectivity index (χ4v) is 4.88. The molecule has 0 spiro atoms. The molecule has 1 aromatic heterocycles. The van der Waals surface area contributed by atoms with Crippen LogP contribution in [0.5, 0.6) is 0 Å². The van der Waals surface area contributed by atoms with Crippen LogP contribution in [-0.2, 0) is 14.6 Å². The largest absolute Gasteiger partial charge is 0.355 e. The molecule has 0 aliphatic heterocycles. The molecule has 2 aromatic rings. The molecule has 1 amide bonds. The molecule has 0 saturated carbocycles. The Morgan fingerprint density at radius 3 is 2.48 bits per heavy atom. The summed E-state index contributed by atoms with van der Waals surface area (Å²) >= 11 is 7.00. The van der Waals surface area contributed by atoms with Gasteiger partial charge in [-0.2, -0.15) is 0 Å². The molecule has 2 rings (SSSR count). The highest BCUT2D eigenvalue weighted by Crippen LogP contribution is 2.31. The van der Waals surface area contributed by atoms with E-state index in [9.17, 15) is 13.2 Å². The van der Waals surface area contributed by atoms with E-state index in [-0.39, 0.29) is 16.7 Å². The molecule has 0 aliphatic rings. The van der Waals surface area contributed by atoms with Gasteiger partial charge in [-0.15, -0.1) is 11.3 Å². The van der Waals surface area contributed by atoms with Crippen LogP contribution in [0.4, 0.5) is 0 Å². The first-order chi connectivity index (χ1) is 9.91. The van der Waals surface area contributed by atoms with Gasteiger partial charge in [0.1, 0.15) is 9.46 Å². The van der Waals surface area contributed by atoms with Gasteiger partial charge in [0, 0.05) is 18.5 Å². The molecule has 0 aliphatic carbocycles. The van der Waals surface area contributed by atoms with Crippen molar-refractivity contribution in [1.29, 1.82) is 0 Å². The van der Waals surface area contributed by atoms with Crippen LogP contribution in [0.2, 0.25) is 5.02 Å². The van der Waals surface area contributed by atoms with Crippen molar-refractivity contribution >= 4 is 38.7 Å². The predicted octanol–water partition coefficient (Wildman–Crippen LogP) is 3.05. The van der Waals surface area contributed by atoms with Crippen molar-refractivity contribution in [3.63, 3.8) is 0 Å². The number of nitrogens with one attached hydrogen (secondary N) is 1. The predicted molar refractivity (Wildman–Crippen MR) is 84.4 cm³/mol. The van der Waals surface area contributed by atoms with Crippen molar-refractivity contribution in [2.75, 3.05) is 6.54 Å². The van der Waals surface area contributed by atoms with E-state index in [0.717, 1.165) is 11.3 Å². The van der Waals surface area contributed by atoms with Crippen LogP contribution < -0.4 is 5.32 Å². The van der Waals surface area contributed by atoms with Crippen LogP contribution in [0.1, 0.15) is 17.7 Å². The summed E-state index contributed by atoms with van der Waals surface area (Å²) in [6, 6.07) is 9.87. The molecule has 1 aromatic carbocycles. The summed E-state index contributed by atoms with van der Waals surface area (Å²) in [5, 5.41) is 3.99. The third-order valence-electron chi connectivity index (χ3n) is 2.93. The highest BCUT2D eigenvalue weighted by Gasteiger charge is 2.30.